The molecule has 42 valence electrons. The molecule has 0 aromatic heterocycles. The Balaban J connectivity index is -0.0000000450. The van der Waals surface area contributed by atoms with Crippen molar-refractivity contribution in [2.45, 2.75) is 19.5 Å². The molecule has 0 aromatic carbocycles. The zero-order valence-electron chi connectivity index (χ0n) is 3.97. The molecule has 1 atom stereocenters. The summed E-state index contributed by atoms with van der Waals surface area (Å²) in [7, 11) is 2.66. The highest BCUT2D eigenvalue weighted by Crippen LogP contribution is 1.90. The number of halogens is 2. The minimum Gasteiger partial charge on any atom is -0.147 e. The van der Waals surface area contributed by atoms with Gasteiger partial charge in [-0.15, -0.1) is 34.1 Å². The van der Waals surface area contributed by atoms with Crippen LogP contribution >= 0.6 is 34.1 Å². The second-order valence-corrected chi connectivity index (χ2v) is 2.58. The Morgan fingerprint density at radius 3 is 1.17 bits per heavy atom. The molecule has 0 fully saturated rings. The van der Waals surface area contributed by atoms with Crippen molar-refractivity contribution in [1.29, 1.82) is 0 Å². The standard InChI is InChI=1S/C3H9P.2ClH/c1-3(2)4;;/h3H,4H2,1-2H3;2*1H. The van der Waals surface area contributed by atoms with Crippen molar-refractivity contribution in [3.8, 4) is 0 Å². The Bertz CT molecular complexity index is 13.5. The number of rotatable bonds is 0. The smallest absolute Gasteiger partial charge is 0.0321 e. The van der Waals surface area contributed by atoms with Crippen LogP contribution in [-0.2, 0) is 0 Å². The molecule has 0 saturated heterocycles. The van der Waals surface area contributed by atoms with E-state index in [0.717, 1.165) is 5.66 Å². The van der Waals surface area contributed by atoms with Crippen molar-refractivity contribution in [2.24, 2.45) is 0 Å². The van der Waals surface area contributed by atoms with Crippen molar-refractivity contribution in [3.05, 3.63) is 0 Å². The Morgan fingerprint density at radius 1 is 1.17 bits per heavy atom. The predicted octanol–water partition coefficient (Wildman–Crippen LogP) is 2.11. The average molecular weight is 149 g/mol. The van der Waals surface area contributed by atoms with Crippen LogP contribution in [0.5, 0.6) is 0 Å². The summed E-state index contributed by atoms with van der Waals surface area (Å²) in [6, 6.07) is 0. The van der Waals surface area contributed by atoms with Gasteiger partial charge in [-0.2, -0.15) is 0 Å². The van der Waals surface area contributed by atoms with Crippen LogP contribution in [0.3, 0.4) is 0 Å². The van der Waals surface area contributed by atoms with Crippen molar-refractivity contribution in [2.75, 3.05) is 0 Å². The van der Waals surface area contributed by atoms with E-state index in [1.807, 2.05) is 0 Å². The second-order valence-electron chi connectivity index (χ2n) is 1.24. The van der Waals surface area contributed by atoms with E-state index in [0.29, 0.717) is 0 Å². The van der Waals surface area contributed by atoms with Crippen LogP contribution in [0.15, 0.2) is 0 Å². The summed E-state index contributed by atoms with van der Waals surface area (Å²) in [5, 5.41) is 0. The molecule has 1 unspecified atom stereocenters. The lowest BCUT2D eigenvalue weighted by molar-refractivity contribution is 1.12. The predicted molar refractivity (Wildman–Crippen MR) is 39.3 cm³/mol. The molecule has 0 N–H and O–H groups in total. The third-order valence-corrected chi connectivity index (χ3v) is 0. The van der Waals surface area contributed by atoms with Gasteiger partial charge in [-0.05, 0) is 5.66 Å². The van der Waals surface area contributed by atoms with Gasteiger partial charge in [-0.3, -0.25) is 0 Å². The SMILES string of the molecule is CC(C)P.Cl.Cl. The minimum atomic E-state index is 0. The highest BCUT2D eigenvalue weighted by Gasteiger charge is 1.68. The summed E-state index contributed by atoms with van der Waals surface area (Å²) in [5.41, 5.74) is 0.750. The maximum absolute atomic E-state index is 2.66. The number of hydrogen-bond acceptors (Lipinski definition) is 0. The Kier molecular flexibility index (Phi) is 24.6. The van der Waals surface area contributed by atoms with E-state index >= 15 is 0 Å². The van der Waals surface area contributed by atoms with Crippen LogP contribution in [0.1, 0.15) is 13.8 Å². The zero-order valence-corrected chi connectivity index (χ0v) is 6.76. The van der Waals surface area contributed by atoms with E-state index in [1.165, 1.54) is 0 Å². The van der Waals surface area contributed by atoms with Gasteiger partial charge >= 0.3 is 0 Å². The van der Waals surface area contributed by atoms with E-state index in [9.17, 15) is 0 Å². The Hall–Kier alpha value is 1.01. The largest absolute Gasteiger partial charge is 0.147 e. The van der Waals surface area contributed by atoms with Crippen LogP contribution in [-0.4, -0.2) is 5.66 Å². The summed E-state index contributed by atoms with van der Waals surface area (Å²) in [6.07, 6.45) is 0. The molecule has 0 aromatic rings. The quantitative estimate of drug-likeness (QED) is 0.462. The molecule has 0 nitrogen and oxygen atoms in total. The first-order valence-electron chi connectivity index (χ1n) is 1.49. The van der Waals surface area contributed by atoms with Crippen molar-refractivity contribution in [3.63, 3.8) is 0 Å². The summed E-state index contributed by atoms with van der Waals surface area (Å²) in [6.45, 7) is 4.26. The normalized spacial score (nSPS) is 6.00. The molecule has 0 aliphatic rings. The molecular formula is C3H11Cl2P. The van der Waals surface area contributed by atoms with Crippen LogP contribution < -0.4 is 0 Å². The summed E-state index contributed by atoms with van der Waals surface area (Å²) in [5.74, 6) is 0. The van der Waals surface area contributed by atoms with E-state index in [4.69, 9.17) is 0 Å². The van der Waals surface area contributed by atoms with Gasteiger partial charge in [0.05, 0.1) is 0 Å². The Labute approximate surface area is 54.1 Å². The number of hydrogen-bond donors (Lipinski definition) is 0. The first-order chi connectivity index (χ1) is 1.73. The fourth-order valence-electron chi connectivity index (χ4n) is 0. The molecule has 0 radical (unpaired) electrons. The molecule has 6 heavy (non-hydrogen) atoms. The van der Waals surface area contributed by atoms with Crippen LogP contribution in [0.25, 0.3) is 0 Å². The lowest BCUT2D eigenvalue weighted by Crippen LogP contribution is -1.69. The maximum atomic E-state index is 2.66. The minimum absolute atomic E-state index is 0. The van der Waals surface area contributed by atoms with Gasteiger partial charge in [0.1, 0.15) is 0 Å². The second kappa shape index (κ2) is 9.38. The molecular weight excluding hydrogens is 138 g/mol. The van der Waals surface area contributed by atoms with Gasteiger partial charge in [0.25, 0.3) is 0 Å². The fourth-order valence-corrected chi connectivity index (χ4v) is 0. The Morgan fingerprint density at radius 2 is 1.17 bits per heavy atom. The van der Waals surface area contributed by atoms with E-state index < -0.39 is 0 Å². The van der Waals surface area contributed by atoms with Gasteiger partial charge in [0, 0.05) is 0 Å². The molecule has 0 spiro atoms. The third kappa shape index (κ3) is 79.0. The van der Waals surface area contributed by atoms with Gasteiger partial charge < -0.3 is 0 Å². The zero-order chi connectivity index (χ0) is 3.58. The van der Waals surface area contributed by atoms with Gasteiger partial charge in [-0.25, -0.2) is 0 Å². The molecule has 0 heterocycles. The highest BCUT2D eigenvalue weighted by molar-refractivity contribution is 7.17. The summed E-state index contributed by atoms with van der Waals surface area (Å²) in [4.78, 5) is 0. The molecule has 0 aliphatic carbocycles. The fraction of sp³-hybridized carbons (Fsp3) is 1.00. The van der Waals surface area contributed by atoms with Crippen LogP contribution in [0.4, 0.5) is 0 Å². The molecule has 0 bridgehead atoms. The van der Waals surface area contributed by atoms with Crippen molar-refractivity contribution in [1.82, 2.24) is 0 Å². The van der Waals surface area contributed by atoms with Gasteiger partial charge in [-0.1, -0.05) is 13.8 Å². The first-order valence-corrected chi connectivity index (χ1v) is 2.15. The topological polar surface area (TPSA) is 0 Å². The van der Waals surface area contributed by atoms with Crippen LogP contribution in [0, 0.1) is 0 Å². The monoisotopic (exact) mass is 148 g/mol. The molecule has 0 saturated carbocycles. The summed E-state index contributed by atoms with van der Waals surface area (Å²) < 4.78 is 0. The van der Waals surface area contributed by atoms with Crippen LogP contribution in [0.2, 0.25) is 0 Å². The van der Waals surface area contributed by atoms with E-state index in [2.05, 4.69) is 23.1 Å². The third-order valence-electron chi connectivity index (χ3n) is 0. The maximum Gasteiger partial charge on any atom is -0.0321 e. The van der Waals surface area contributed by atoms with E-state index in [-0.39, 0.29) is 24.8 Å². The van der Waals surface area contributed by atoms with Crippen molar-refractivity contribution >= 4 is 34.1 Å². The molecule has 0 rings (SSSR count). The average Bonchev–Trinajstić information content (AvgIpc) is 0.811. The first kappa shape index (κ1) is 15.7. The molecule has 0 amide bonds. The van der Waals surface area contributed by atoms with Crippen molar-refractivity contribution < 1.29 is 0 Å². The lowest BCUT2D eigenvalue weighted by Gasteiger charge is -1.79. The highest BCUT2D eigenvalue weighted by atomic mass is 35.5. The lowest BCUT2D eigenvalue weighted by atomic mass is 10.6. The molecule has 0 aliphatic heterocycles. The molecule has 3 heteroatoms. The summed E-state index contributed by atoms with van der Waals surface area (Å²) >= 11 is 0. The van der Waals surface area contributed by atoms with Gasteiger partial charge in [0.2, 0.25) is 0 Å². The van der Waals surface area contributed by atoms with Gasteiger partial charge in [0.15, 0.2) is 0 Å². The van der Waals surface area contributed by atoms with E-state index in [1.54, 1.807) is 0 Å².